The average Bonchev–Trinajstić information content (AvgIpc) is 2.53. The van der Waals surface area contributed by atoms with Crippen molar-refractivity contribution in [3.05, 3.63) is 52.0 Å². The van der Waals surface area contributed by atoms with Gasteiger partial charge in [0.1, 0.15) is 0 Å². The van der Waals surface area contributed by atoms with Crippen LogP contribution in [0, 0.1) is 0 Å². The van der Waals surface area contributed by atoms with E-state index in [4.69, 9.17) is 4.74 Å². The fourth-order valence-electron chi connectivity index (χ4n) is 3.39. The molecule has 0 saturated carbocycles. The molecule has 124 valence electrons. The highest BCUT2D eigenvalue weighted by atomic mass is 79.9. The molecule has 0 bridgehead atoms. The third-order valence-electron chi connectivity index (χ3n) is 4.83. The molecular weight excluding hydrogens is 368 g/mol. The molecule has 0 aromatic heterocycles. The van der Waals surface area contributed by atoms with E-state index in [1.54, 1.807) is 7.11 Å². The Bertz CT molecular complexity index is 802. The van der Waals surface area contributed by atoms with E-state index in [-0.39, 0.29) is 5.91 Å². The maximum Gasteiger partial charge on any atom is 0.258 e. The molecule has 4 rings (SSSR count). The maximum atomic E-state index is 13.0. The largest absolute Gasteiger partial charge is 0.493 e. The minimum Gasteiger partial charge on any atom is -0.493 e. The summed E-state index contributed by atoms with van der Waals surface area (Å²) < 4.78 is 6.35. The Hall–Kier alpha value is -2.01. The zero-order chi connectivity index (χ0) is 16.7. The third-order valence-corrected chi connectivity index (χ3v) is 5.46. The van der Waals surface area contributed by atoms with Crippen molar-refractivity contribution in [3.8, 4) is 5.75 Å². The van der Waals surface area contributed by atoms with Gasteiger partial charge in [0.05, 0.1) is 17.3 Å². The molecule has 24 heavy (non-hydrogen) atoms. The van der Waals surface area contributed by atoms with Crippen molar-refractivity contribution in [2.24, 2.45) is 0 Å². The molecule has 2 aromatic carbocycles. The molecule has 2 aliphatic heterocycles. The molecule has 1 saturated heterocycles. The highest BCUT2D eigenvalue weighted by Gasteiger charge is 2.28. The van der Waals surface area contributed by atoms with Crippen LogP contribution in [0.3, 0.4) is 0 Å². The number of amides is 1. The summed E-state index contributed by atoms with van der Waals surface area (Å²) in [5, 5.41) is 0. The zero-order valence-electron chi connectivity index (χ0n) is 13.6. The van der Waals surface area contributed by atoms with Crippen LogP contribution < -0.4 is 14.5 Å². The van der Waals surface area contributed by atoms with E-state index in [0.29, 0.717) is 12.3 Å². The van der Waals surface area contributed by atoms with Crippen molar-refractivity contribution < 1.29 is 9.53 Å². The fraction of sp³-hybridized carbons (Fsp3) is 0.316. The Morgan fingerprint density at radius 2 is 1.96 bits per heavy atom. The zero-order valence-corrected chi connectivity index (χ0v) is 15.2. The molecule has 0 spiro atoms. The van der Waals surface area contributed by atoms with E-state index in [0.717, 1.165) is 40.8 Å². The van der Waals surface area contributed by atoms with Gasteiger partial charge in [0.25, 0.3) is 5.91 Å². The second-order valence-corrected chi connectivity index (χ2v) is 7.04. The summed E-state index contributed by atoms with van der Waals surface area (Å²) in [5.74, 6) is 0.745. The molecule has 2 heterocycles. The molecule has 1 amide bonds. The highest BCUT2D eigenvalue weighted by Crippen LogP contribution is 2.38. The smallest absolute Gasteiger partial charge is 0.258 e. The fourth-order valence-corrected chi connectivity index (χ4v) is 3.91. The SMILES string of the molecule is COc1c(Br)cccc1N1CCc2cc(N3CCC3)ccc2C1=O. The van der Waals surface area contributed by atoms with Crippen LogP contribution in [-0.4, -0.2) is 32.7 Å². The molecule has 0 atom stereocenters. The Kier molecular flexibility index (Phi) is 3.96. The second kappa shape index (κ2) is 6.13. The predicted octanol–water partition coefficient (Wildman–Crippen LogP) is 3.87. The second-order valence-electron chi connectivity index (χ2n) is 6.18. The predicted molar refractivity (Wildman–Crippen MR) is 99.3 cm³/mol. The van der Waals surface area contributed by atoms with Crippen LogP contribution in [0.15, 0.2) is 40.9 Å². The maximum absolute atomic E-state index is 13.0. The van der Waals surface area contributed by atoms with E-state index in [2.05, 4.69) is 33.0 Å². The van der Waals surface area contributed by atoms with Gasteiger partial charge in [-0.2, -0.15) is 0 Å². The van der Waals surface area contributed by atoms with Crippen molar-refractivity contribution in [1.82, 2.24) is 0 Å². The Morgan fingerprint density at radius 3 is 2.67 bits per heavy atom. The van der Waals surface area contributed by atoms with Crippen molar-refractivity contribution in [3.63, 3.8) is 0 Å². The van der Waals surface area contributed by atoms with Crippen molar-refractivity contribution in [1.29, 1.82) is 0 Å². The first-order valence-electron chi connectivity index (χ1n) is 8.21. The monoisotopic (exact) mass is 386 g/mol. The Morgan fingerprint density at radius 1 is 1.12 bits per heavy atom. The minimum absolute atomic E-state index is 0.0443. The number of carbonyl (C=O) groups excluding carboxylic acids is 1. The van der Waals surface area contributed by atoms with Crippen molar-refractivity contribution in [2.75, 3.05) is 36.5 Å². The third kappa shape index (κ3) is 2.47. The van der Waals surface area contributed by atoms with E-state index in [1.807, 2.05) is 29.2 Å². The summed E-state index contributed by atoms with van der Waals surface area (Å²) in [5.41, 5.74) is 4.00. The molecule has 5 heteroatoms. The van der Waals surface area contributed by atoms with Gasteiger partial charge in [-0.15, -0.1) is 0 Å². The van der Waals surface area contributed by atoms with Crippen LogP contribution in [0.25, 0.3) is 0 Å². The van der Waals surface area contributed by atoms with Crippen molar-refractivity contribution >= 4 is 33.2 Å². The molecular formula is C19H19BrN2O2. The topological polar surface area (TPSA) is 32.8 Å². The first kappa shape index (κ1) is 15.5. The number of rotatable bonds is 3. The highest BCUT2D eigenvalue weighted by molar-refractivity contribution is 9.10. The van der Waals surface area contributed by atoms with Gasteiger partial charge < -0.3 is 14.5 Å². The van der Waals surface area contributed by atoms with Crippen LogP contribution in [-0.2, 0) is 6.42 Å². The van der Waals surface area contributed by atoms with Gasteiger partial charge in [-0.05, 0) is 64.7 Å². The van der Waals surface area contributed by atoms with Gasteiger partial charge in [0.15, 0.2) is 5.75 Å². The lowest BCUT2D eigenvalue weighted by Crippen LogP contribution is -2.39. The Labute approximate surface area is 150 Å². The average molecular weight is 387 g/mol. The molecule has 2 aliphatic rings. The molecule has 1 fully saturated rings. The summed E-state index contributed by atoms with van der Waals surface area (Å²) in [7, 11) is 1.63. The van der Waals surface area contributed by atoms with E-state index >= 15 is 0 Å². The van der Waals surface area contributed by atoms with Gasteiger partial charge in [-0.25, -0.2) is 0 Å². The number of hydrogen-bond acceptors (Lipinski definition) is 3. The number of benzene rings is 2. The summed E-state index contributed by atoms with van der Waals surface area (Å²) >= 11 is 3.50. The molecule has 4 nitrogen and oxygen atoms in total. The molecule has 0 radical (unpaired) electrons. The molecule has 2 aromatic rings. The van der Waals surface area contributed by atoms with Crippen molar-refractivity contribution in [2.45, 2.75) is 12.8 Å². The van der Waals surface area contributed by atoms with Gasteiger partial charge in [-0.1, -0.05) is 6.07 Å². The lowest BCUT2D eigenvalue weighted by Gasteiger charge is -2.35. The van der Waals surface area contributed by atoms with Crippen LogP contribution in [0.1, 0.15) is 22.3 Å². The number of para-hydroxylation sites is 1. The Balaban J connectivity index is 1.68. The summed E-state index contributed by atoms with van der Waals surface area (Å²) in [6.07, 6.45) is 2.12. The number of halogens is 1. The lowest BCUT2D eigenvalue weighted by molar-refractivity contribution is 0.0980. The first-order chi connectivity index (χ1) is 11.7. The number of fused-ring (bicyclic) bond motifs is 1. The number of methoxy groups -OCH3 is 1. The van der Waals surface area contributed by atoms with Crippen LogP contribution >= 0.6 is 15.9 Å². The van der Waals surface area contributed by atoms with E-state index in [1.165, 1.54) is 12.1 Å². The summed E-state index contributed by atoms with van der Waals surface area (Å²) in [6.45, 7) is 2.91. The number of ether oxygens (including phenoxy) is 1. The summed E-state index contributed by atoms with van der Waals surface area (Å²) in [6, 6.07) is 12.0. The van der Waals surface area contributed by atoms with Gasteiger partial charge in [0.2, 0.25) is 0 Å². The molecule has 0 unspecified atom stereocenters. The number of hydrogen-bond donors (Lipinski definition) is 0. The van der Waals surface area contributed by atoms with Crippen LogP contribution in [0.5, 0.6) is 5.75 Å². The van der Waals surface area contributed by atoms with E-state index < -0.39 is 0 Å². The van der Waals surface area contributed by atoms with Gasteiger partial charge >= 0.3 is 0 Å². The quantitative estimate of drug-likeness (QED) is 0.802. The van der Waals surface area contributed by atoms with Crippen LogP contribution in [0.2, 0.25) is 0 Å². The standard InChI is InChI=1S/C19H19BrN2O2/c1-24-18-16(20)4-2-5-17(18)22-11-8-13-12-14(21-9-3-10-21)6-7-15(13)19(22)23/h2,4-7,12H,3,8-11H2,1H3. The minimum atomic E-state index is 0.0443. The number of anilines is 2. The first-order valence-corrected chi connectivity index (χ1v) is 9.00. The van der Waals surface area contributed by atoms with E-state index in [9.17, 15) is 4.79 Å². The van der Waals surface area contributed by atoms with Gasteiger partial charge in [0, 0.05) is 30.9 Å². The van der Waals surface area contributed by atoms with Gasteiger partial charge in [-0.3, -0.25) is 4.79 Å². The molecule has 0 N–H and O–H groups in total. The van der Waals surface area contributed by atoms with Crippen LogP contribution in [0.4, 0.5) is 11.4 Å². The lowest BCUT2D eigenvalue weighted by atomic mass is 9.96. The normalized spacial score (nSPS) is 16.7. The summed E-state index contributed by atoms with van der Waals surface area (Å²) in [4.78, 5) is 17.2. The number of carbonyl (C=O) groups is 1. The molecule has 0 aliphatic carbocycles. The number of nitrogens with zero attached hydrogens (tertiary/aromatic N) is 2.